The first-order chi connectivity index (χ1) is 11.0. The molecule has 3 rings (SSSR count). The molecule has 23 heavy (non-hydrogen) atoms. The van der Waals surface area contributed by atoms with Crippen LogP contribution in [0.2, 0.25) is 0 Å². The Morgan fingerprint density at radius 1 is 0.609 bits per heavy atom. The van der Waals surface area contributed by atoms with E-state index in [9.17, 15) is 4.39 Å². The number of hydrogen-bond donors (Lipinski definition) is 0. The first-order valence-electron chi connectivity index (χ1n) is 7.90. The Morgan fingerprint density at radius 3 is 1.83 bits per heavy atom. The summed E-state index contributed by atoms with van der Waals surface area (Å²) in [5, 5.41) is 0. The van der Waals surface area contributed by atoms with Crippen LogP contribution in [0, 0.1) is 33.5 Å². The number of hydrogen-bond acceptors (Lipinski definition) is 0. The summed E-state index contributed by atoms with van der Waals surface area (Å²) in [5.74, 6) is -0.137. The average Bonchev–Trinajstić information content (AvgIpc) is 2.53. The summed E-state index contributed by atoms with van der Waals surface area (Å²) in [5.41, 5.74) is 8.55. The zero-order chi connectivity index (χ0) is 16.6. The molecule has 0 heterocycles. The molecule has 1 heteroatoms. The van der Waals surface area contributed by atoms with Crippen LogP contribution in [0.1, 0.15) is 22.3 Å². The van der Waals surface area contributed by atoms with Crippen molar-refractivity contribution < 1.29 is 4.39 Å². The summed E-state index contributed by atoms with van der Waals surface area (Å²) >= 11 is 0. The summed E-state index contributed by atoms with van der Waals surface area (Å²) in [7, 11) is 0. The van der Waals surface area contributed by atoms with Gasteiger partial charge in [-0.3, -0.25) is 0 Å². The molecule has 0 bridgehead atoms. The predicted molar refractivity (Wildman–Crippen MR) is 96.2 cm³/mol. The van der Waals surface area contributed by atoms with Gasteiger partial charge in [0, 0.05) is 0 Å². The second kappa shape index (κ2) is 6.00. The zero-order valence-electron chi connectivity index (χ0n) is 14.1. The van der Waals surface area contributed by atoms with E-state index in [1.807, 2.05) is 13.8 Å². The fraction of sp³-hybridized carbons (Fsp3) is 0.182. The lowest BCUT2D eigenvalue weighted by Crippen LogP contribution is -1.92. The largest absolute Gasteiger partial charge is 0.207 e. The molecule has 3 aromatic rings. The molecule has 0 amide bonds. The van der Waals surface area contributed by atoms with E-state index in [1.165, 1.54) is 16.7 Å². The molecular formula is C22H21F. The molecular weight excluding hydrogens is 283 g/mol. The van der Waals surface area contributed by atoms with Crippen LogP contribution < -0.4 is 0 Å². The van der Waals surface area contributed by atoms with Gasteiger partial charge in [0.25, 0.3) is 0 Å². The smallest absolute Gasteiger partial charge is 0.126 e. The molecule has 0 saturated carbocycles. The maximum atomic E-state index is 14.0. The first-order valence-corrected chi connectivity index (χ1v) is 7.90. The van der Waals surface area contributed by atoms with Crippen LogP contribution in [0.3, 0.4) is 0 Å². The van der Waals surface area contributed by atoms with E-state index in [4.69, 9.17) is 0 Å². The van der Waals surface area contributed by atoms with Gasteiger partial charge in [0.2, 0.25) is 0 Å². The van der Waals surface area contributed by atoms with Crippen LogP contribution in [-0.2, 0) is 0 Å². The summed E-state index contributed by atoms with van der Waals surface area (Å²) in [6.07, 6.45) is 0. The van der Waals surface area contributed by atoms with Crippen LogP contribution in [0.5, 0.6) is 0 Å². The quantitative estimate of drug-likeness (QED) is 0.514. The average molecular weight is 304 g/mol. The standard InChI is InChI=1S/C22H21F/c1-14-5-7-18(8-6-14)19-9-10-21(16(3)12-19)20-11-15(2)17(4)22(23)13-20/h5-13H,1-4H3. The third-order valence-electron chi connectivity index (χ3n) is 4.53. The molecule has 0 aliphatic rings. The van der Waals surface area contributed by atoms with Crippen LogP contribution in [0.25, 0.3) is 22.3 Å². The van der Waals surface area contributed by atoms with E-state index in [-0.39, 0.29) is 5.82 Å². The van der Waals surface area contributed by atoms with Crippen LogP contribution in [0.15, 0.2) is 54.6 Å². The molecule has 0 aliphatic carbocycles. The minimum Gasteiger partial charge on any atom is -0.207 e. The zero-order valence-corrected chi connectivity index (χ0v) is 14.1. The van der Waals surface area contributed by atoms with Gasteiger partial charge in [0.15, 0.2) is 0 Å². The fourth-order valence-corrected chi connectivity index (χ4v) is 2.88. The van der Waals surface area contributed by atoms with Crippen molar-refractivity contribution in [2.45, 2.75) is 27.7 Å². The van der Waals surface area contributed by atoms with Gasteiger partial charge >= 0.3 is 0 Å². The Balaban J connectivity index is 2.04. The van der Waals surface area contributed by atoms with Gasteiger partial charge < -0.3 is 0 Å². The Bertz CT molecular complexity index is 835. The second-order valence-corrected chi connectivity index (χ2v) is 6.30. The van der Waals surface area contributed by atoms with Gasteiger partial charge in [-0.1, -0.05) is 54.1 Å². The molecule has 0 nitrogen and oxygen atoms in total. The molecule has 0 atom stereocenters. The maximum Gasteiger partial charge on any atom is 0.126 e. The van der Waals surface area contributed by atoms with Gasteiger partial charge in [0.05, 0.1) is 0 Å². The molecule has 116 valence electrons. The van der Waals surface area contributed by atoms with Gasteiger partial charge in [-0.2, -0.15) is 0 Å². The molecule has 3 aromatic carbocycles. The molecule has 0 aliphatic heterocycles. The van der Waals surface area contributed by atoms with E-state index in [2.05, 4.69) is 62.4 Å². The van der Waals surface area contributed by atoms with Crippen molar-refractivity contribution in [3.63, 3.8) is 0 Å². The molecule has 0 spiro atoms. The first kappa shape index (κ1) is 15.5. The van der Waals surface area contributed by atoms with Crippen LogP contribution in [0.4, 0.5) is 4.39 Å². The fourth-order valence-electron chi connectivity index (χ4n) is 2.88. The summed E-state index contributed by atoms with van der Waals surface area (Å²) in [6, 6.07) is 18.6. The van der Waals surface area contributed by atoms with E-state index in [1.54, 1.807) is 6.07 Å². The third-order valence-corrected chi connectivity index (χ3v) is 4.53. The Morgan fingerprint density at radius 2 is 1.22 bits per heavy atom. The van der Waals surface area contributed by atoms with Crippen molar-refractivity contribution >= 4 is 0 Å². The number of benzene rings is 3. The van der Waals surface area contributed by atoms with Crippen molar-refractivity contribution in [1.29, 1.82) is 0 Å². The summed E-state index contributed by atoms with van der Waals surface area (Å²) in [4.78, 5) is 0. The van der Waals surface area contributed by atoms with E-state index < -0.39 is 0 Å². The molecule has 0 fully saturated rings. The highest BCUT2D eigenvalue weighted by Gasteiger charge is 2.09. The monoisotopic (exact) mass is 304 g/mol. The lowest BCUT2D eigenvalue weighted by Gasteiger charge is -2.12. The highest BCUT2D eigenvalue weighted by atomic mass is 19.1. The van der Waals surface area contributed by atoms with E-state index >= 15 is 0 Å². The lowest BCUT2D eigenvalue weighted by atomic mass is 9.93. The van der Waals surface area contributed by atoms with E-state index in [0.29, 0.717) is 0 Å². The highest BCUT2D eigenvalue weighted by molar-refractivity contribution is 5.74. The second-order valence-electron chi connectivity index (χ2n) is 6.30. The molecule has 0 N–H and O–H groups in total. The van der Waals surface area contributed by atoms with Crippen LogP contribution >= 0.6 is 0 Å². The number of aryl methyl sites for hydroxylation is 3. The third kappa shape index (κ3) is 3.05. The van der Waals surface area contributed by atoms with Gasteiger partial charge in [-0.15, -0.1) is 0 Å². The maximum absolute atomic E-state index is 14.0. The van der Waals surface area contributed by atoms with Gasteiger partial charge in [-0.05, 0) is 72.7 Å². The van der Waals surface area contributed by atoms with Crippen molar-refractivity contribution in [1.82, 2.24) is 0 Å². The summed E-state index contributed by atoms with van der Waals surface area (Å²) < 4.78 is 14.0. The molecule has 0 aromatic heterocycles. The van der Waals surface area contributed by atoms with Gasteiger partial charge in [0.1, 0.15) is 5.82 Å². The van der Waals surface area contributed by atoms with Crippen molar-refractivity contribution in [2.75, 3.05) is 0 Å². The Hall–Kier alpha value is -2.41. The normalized spacial score (nSPS) is 10.8. The minimum absolute atomic E-state index is 0.137. The van der Waals surface area contributed by atoms with Crippen molar-refractivity contribution in [3.8, 4) is 22.3 Å². The van der Waals surface area contributed by atoms with Crippen LogP contribution in [-0.4, -0.2) is 0 Å². The molecule has 0 radical (unpaired) electrons. The Labute approximate surface area is 137 Å². The SMILES string of the molecule is Cc1ccc(-c2ccc(-c3cc(C)c(C)c(F)c3)c(C)c2)cc1. The predicted octanol–water partition coefficient (Wildman–Crippen LogP) is 6.39. The van der Waals surface area contributed by atoms with E-state index in [0.717, 1.165) is 27.8 Å². The highest BCUT2D eigenvalue weighted by Crippen LogP contribution is 2.30. The van der Waals surface area contributed by atoms with Crippen molar-refractivity contribution in [2.24, 2.45) is 0 Å². The summed E-state index contributed by atoms with van der Waals surface area (Å²) in [6.45, 7) is 7.95. The molecule has 0 saturated heterocycles. The van der Waals surface area contributed by atoms with Crippen molar-refractivity contribution in [3.05, 3.63) is 82.7 Å². The van der Waals surface area contributed by atoms with Gasteiger partial charge in [-0.25, -0.2) is 4.39 Å². The number of rotatable bonds is 2. The lowest BCUT2D eigenvalue weighted by molar-refractivity contribution is 0.617. The minimum atomic E-state index is -0.137. The number of halogens is 1. The Kier molecular flexibility index (Phi) is 4.04. The topological polar surface area (TPSA) is 0 Å². The molecule has 0 unspecified atom stereocenters.